The lowest BCUT2D eigenvalue weighted by Crippen LogP contribution is -2.21. The number of benzene rings is 2. The Morgan fingerprint density at radius 1 is 0.957 bits per heavy atom. The first kappa shape index (κ1) is 15.5. The smallest absolute Gasteiger partial charge is 0.126 e. The van der Waals surface area contributed by atoms with Crippen molar-refractivity contribution >= 4 is 0 Å². The largest absolute Gasteiger partial charge is 0.329 e. The number of rotatable bonds is 5. The van der Waals surface area contributed by atoms with Crippen LogP contribution in [0.1, 0.15) is 31.3 Å². The van der Waals surface area contributed by atoms with Gasteiger partial charge < -0.3 is 10.3 Å². The van der Waals surface area contributed by atoms with E-state index >= 15 is 0 Å². The molecule has 3 heteroatoms. The first-order valence-electron chi connectivity index (χ1n) is 8.07. The number of hydrogen-bond donors (Lipinski definition) is 1. The van der Waals surface area contributed by atoms with E-state index in [1.807, 2.05) is 24.3 Å². The highest BCUT2D eigenvalue weighted by atomic mass is 15.1. The molecule has 3 nitrogen and oxygen atoms in total. The average molecular weight is 305 g/mol. The van der Waals surface area contributed by atoms with Crippen molar-refractivity contribution in [3.63, 3.8) is 0 Å². The summed E-state index contributed by atoms with van der Waals surface area (Å²) < 4.78 is 2.18. The molecule has 0 amide bonds. The van der Waals surface area contributed by atoms with Gasteiger partial charge in [0, 0.05) is 18.3 Å². The number of nitrogens with zero attached hydrogens (tertiary/aromatic N) is 2. The van der Waals surface area contributed by atoms with Gasteiger partial charge in [-0.2, -0.15) is 0 Å². The van der Waals surface area contributed by atoms with Gasteiger partial charge in [0.15, 0.2) is 0 Å². The van der Waals surface area contributed by atoms with E-state index in [0.29, 0.717) is 5.92 Å². The topological polar surface area (TPSA) is 43.8 Å². The molecule has 2 aromatic carbocycles. The van der Waals surface area contributed by atoms with Gasteiger partial charge >= 0.3 is 0 Å². The monoisotopic (exact) mass is 305 g/mol. The van der Waals surface area contributed by atoms with Gasteiger partial charge in [-0.3, -0.25) is 0 Å². The van der Waals surface area contributed by atoms with E-state index in [-0.39, 0.29) is 6.04 Å². The minimum Gasteiger partial charge on any atom is -0.329 e. The highest BCUT2D eigenvalue weighted by molar-refractivity contribution is 5.58. The van der Waals surface area contributed by atoms with Crippen LogP contribution in [0, 0.1) is 5.92 Å². The number of hydrogen-bond acceptors (Lipinski definition) is 2. The predicted molar refractivity (Wildman–Crippen MR) is 95.0 cm³/mol. The van der Waals surface area contributed by atoms with Crippen molar-refractivity contribution in [2.24, 2.45) is 11.7 Å². The summed E-state index contributed by atoms with van der Waals surface area (Å²) in [6.07, 6.45) is 2.11. The Morgan fingerprint density at radius 3 is 2.17 bits per heavy atom. The lowest BCUT2D eigenvalue weighted by Gasteiger charge is -2.17. The molecule has 3 rings (SSSR count). The van der Waals surface area contributed by atoms with Gasteiger partial charge in [0.2, 0.25) is 0 Å². The maximum atomic E-state index is 6.40. The molecule has 0 aliphatic carbocycles. The van der Waals surface area contributed by atoms with Crippen molar-refractivity contribution < 1.29 is 0 Å². The second-order valence-electron chi connectivity index (χ2n) is 6.23. The van der Waals surface area contributed by atoms with E-state index in [1.54, 1.807) is 0 Å². The van der Waals surface area contributed by atoms with Crippen LogP contribution < -0.4 is 5.73 Å². The van der Waals surface area contributed by atoms with Gasteiger partial charge in [0.05, 0.1) is 11.7 Å². The Kier molecular flexibility index (Phi) is 4.58. The molecule has 0 aliphatic heterocycles. The summed E-state index contributed by atoms with van der Waals surface area (Å²) in [6, 6.07) is 20.6. The number of nitrogens with two attached hydrogens (primary N) is 1. The summed E-state index contributed by atoms with van der Waals surface area (Å²) in [4.78, 5) is 4.84. The molecule has 2 N–H and O–H groups in total. The van der Waals surface area contributed by atoms with Crippen molar-refractivity contribution in [2.75, 3.05) is 0 Å². The van der Waals surface area contributed by atoms with Crippen LogP contribution in [0.5, 0.6) is 0 Å². The third kappa shape index (κ3) is 3.51. The Morgan fingerprint density at radius 2 is 1.57 bits per heavy atom. The molecule has 0 radical (unpaired) electrons. The normalized spacial score (nSPS) is 12.5. The van der Waals surface area contributed by atoms with Gasteiger partial charge in [0.1, 0.15) is 5.82 Å². The lowest BCUT2D eigenvalue weighted by atomic mass is 10.0. The van der Waals surface area contributed by atoms with E-state index in [9.17, 15) is 0 Å². The molecule has 118 valence electrons. The van der Waals surface area contributed by atoms with Gasteiger partial charge in [-0.15, -0.1) is 0 Å². The van der Waals surface area contributed by atoms with Crippen LogP contribution in [0.4, 0.5) is 0 Å². The second-order valence-corrected chi connectivity index (χ2v) is 6.23. The Balaban J connectivity index is 2.00. The third-order valence-corrected chi connectivity index (χ3v) is 4.09. The molecule has 1 aromatic heterocycles. The zero-order chi connectivity index (χ0) is 16.2. The Hall–Kier alpha value is -2.39. The van der Waals surface area contributed by atoms with Crippen molar-refractivity contribution in [3.8, 4) is 11.3 Å². The van der Waals surface area contributed by atoms with E-state index in [1.165, 1.54) is 5.56 Å². The molecule has 0 saturated carbocycles. The van der Waals surface area contributed by atoms with Crippen molar-refractivity contribution in [3.05, 3.63) is 78.2 Å². The molecule has 0 spiro atoms. The fourth-order valence-corrected chi connectivity index (χ4v) is 2.65. The summed E-state index contributed by atoms with van der Waals surface area (Å²) in [5.74, 6) is 1.29. The van der Waals surface area contributed by atoms with E-state index in [0.717, 1.165) is 23.6 Å². The van der Waals surface area contributed by atoms with E-state index < -0.39 is 0 Å². The maximum absolute atomic E-state index is 6.40. The second kappa shape index (κ2) is 6.80. The van der Waals surface area contributed by atoms with Gasteiger partial charge in [-0.05, 0) is 11.5 Å². The van der Waals surface area contributed by atoms with Crippen molar-refractivity contribution in [2.45, 2.75) is 26.4 Å². The van der Waals surface area contributed by atoms with Crippen LogP contribution in [0.2, 0.25) is 0 Å². The van der Waals surface area contributed by atoms with Crippen molar-refractivity contribution in [1.29, 1.82) is 0 Å². The average Bonchev–Trinajstić information content (AvgIpc) is 2.99. The van der Waals surface area contributed by atoms with Gasteiger partial charge in [-0.25, -0.2) is 4.98 Å². The molecular weight excluding hydrogens is 282 g/mol. The zero-order valence-electron chi connectivity index (χ0n) is 13.7. The number of aromatic nitrogens is 2. The summed E-state index contributed by atoms with van der Waals surface area (Å²) in [5, 5.41) is 0. The molecule has 23 heavy (non-hydrogen) atoms. The van der Waals surface area contributed by atoms with Crippen molar-refractivity contribution in [1.82, 2.24) is 9.55 Å². The van der Waals surface area contributed by atoms with Crippen LogP contribution in [0.15, 0.2) is 66.9 Å². The van der Waals surface area contributed by atoms with Crippen LogP contribution in [0.3, 0.4) is 0 Å². The Labute approximate surface area is 137 Å². The molecule has 1 atom stereocenters. The van der Waals surface area contributed by atoms with Crippen LogP contribution in [0.25, 0.3) is 11.3 Å². The van der Waals surface area contributed by atoms with Crippen LogP contribution in [-0.2, 0) is 6.54 Å². The summed E-state index contributed by atoms with van der Waals surface area (Å²) in [5.41, 5.74) is 9.75. The predicted octanol–water partition coefficient (Wildman–Crippen LogP) is 4.25. The minimum atomic E-state index is -0.0730. The first-order valence-corrected chi connectivity index (χ1v) is 8.07. The molecule has 0 saturated heterocycles. The standard InChI is InChI=1S/C20H23N3/c1-15(2)19(21)20-22-18(17-11-7-4-8-12-17)14-23(20)13-16-9-5-3-6-10-16/h3-12,14-15,19H,13,21H2,1-2H3/t19-/m1/s1. The molecule has 0 aliphatic rings. The minimum absolute atomic E-state index is 0.0730. The molecule has 0 bridgehead atoms. The number of imidazole rings is 1. The third-order valence-electron chi connectivity index (χ3n) is 4.09. The molecule has 0 fully saturated rings. The first-order chi connectivity index (χ1) is 11.1. The summed E-state index contributed by atoms with van der Waals surface area (Å²) in [6.45, 7) is 5.05. The van der Waals surface area contributed by atoms with Gasteiger partial charge in [0.25, 0.3) is 0 Å². The SMILES string of the molecule is CC(C)[C@@H](N)c1nc(-c2ccccc2)cn1Cc1ccccc1. The fourth-order valence-electron chi connectivity index (χ4n) is 2.65. The van der Waals surface area contributed by atoms with Crippen LogP contribution >= 0.6 is 0 Å². The van der Waals surface area contributed by atoms with Crippen LogP contribution in [-0.4, -0.2) is 9.55 Å². The molecule has 0 unspecified atom stereocenters. The maximum Gasteiger partial charge on any atom is 0.126 e. The zero-order valence-corrected chi connectivity index (χ0v) is 13.7. The van der Waals surface area contributed by atoms with Gasteiger partial charge in [-0.1, -0.05) is 74.5 Å². The summed E-state index contributed by atoms with van der Waals surface area (Å²) in [7, 11) is 0. The molecule has 3 aromatic rings. The highest BCUT2D eigenvalue weighted by Crippen LogP contribution is 2.25. The quantitative estimate of drug-likeness (QED) is 0.765. The lowest BCUT2D eigenvalue weighted by molar-refractivity contribution is 0.472. The fraction of sp³-hybridized carbons (Fsp3) is 0.250. The molecule has 1 heterocycles. The van der Waals surface area contributed by atoms with E-state index in [2.05, 4.69) is 61.0 Å². The Bertz CT molecular complexity index is 745. The highest BCUT2D eigenvalue weighted by Gasteiger charge is 2.19. The molecular formula is C20H23N3. The summed E-state index contributed by atoms with van der Waals surface area (Å²) >= 11 is 0. The van der Waals surface area contributed by atoms with E-state index in [4.69, 9.17) is 10.7 Å².